The molecule has 1 heterocycles. The Balaban J connectivity index is 2.99. The Morgan fingerprint density at radius 2 is 2.26 bits per heavy atom. The van der Waals surface area contributed by atoms with E-state index in [4.69, 9.17) is 10.00 Å². The highest BCUT2D eigenvalue weighted by molar-refractivity contribution is 14.1. The van der Waals surface area contributed by atoms with E-state index in [0.717, 1.165) is 3.57 Å². The number of ether oxygens (including phenoxy) is 1. The zero-order chi connectivity index (χ0) is 14.5. The molecule has 1 aromatic heterocycles. The number of aromatic nitrogens is 1. The molecule has 0 atom stereocenters. The molecule has 0 saturated carbocycles. The molecule has 19 heavy (non-hydrogen) atoms. The van der Waals surface area contributed by atoms with Crippen LogP contribution >= 0.6 is 22.6 Å². The average molecular weight is 373 g/mol. The van der Waals surface area contributed by atoms with Gasteiger partial charge in [-0.25, -0.2) is 4.79 Å². The molecule has 6 heteroatoms. The quantitative estimate of drug-likeness (QED) is 0.763. The molecule has 0 radical (unpaired) electrons. The molecule has 0 N–H and O–H groups in total. The molecule has 0 aliphatic rings. The lowest BCUT2D eigenvalue weighted by atomic mass is 10.2. The standard InChI is InChI=1S/C13H16IN3O2/c1-13(2,3)19-12(18)17(8-4-6-15)11-9-16-7-5-10(11)14/h5,7,9H,4,8H2,1-3H3. The SMILES string of the molecule is CC(C)(C)OC(=O)N(CCC#N)c1cnccc1I. The molecule has 0 aliphatic carbocycles. The molecule has 1 amide bonds. The number of amides is 1. The fourth-order valence-electron chi connectivity index (χ4n) is 1.36. The number of carbonyl (C=O) groups excluding carboxylic acids is 1. The minimum absolute atomic E-state index is 0.240. The summed E-state index contributed by atoms with van der Waals surface area (Å²) in [5.41, 5.74) is 0.0860. The summed E-state index contributed by atoms with van der Waals surface area (Å²) in [6.45, 7) is 5.71. The summed E-state index contributed by atoms with van der Waals surface area (Å²) in [4.78, 5) is 17.6. The lowest BCUT2D eigenvalue weighted by molar-refractivity contribution is 0.0581. The first-order chi connectivity index (χ1) is 8.85. The van der Waals surface area contributed by atoms with Gasteiger partial charge in [0.2, 0.25) is 0 Å². The highest BCUT2D eigenvalue weighted by Gasteiger charge is 2.24. The van der Waals surface area contributed by atoms with Crippen molar-refractivity contribution < 1.29 is 9.53 Å². The number of nitrogens with zero attached hydrogens (tertiary/aromatic N) is 3. The van der Waals surface area contributed by atoms with Crippen LogP contribution < -0.4 is 4.90 Å². The third-order valence-electron chi connectivity index (χ3n) is 2.10. The lowest BCUT2D eigenvalue weighted by Gasteiger charge is -2.27. The van der Waals surface area contributed by atoms with Crippen LogP contribution in [0.4, 0.5) is 10.5 Å². The van der Waals surface area contributed by atoms with Gasteiger partial charge in [0.1, 0.15) is 5.60 Å². The number of hydrogen-bond donors (Lipinski definition) is 0. The predicted molar refractivity (Wildman–Crippen MR) is 80.8 cm³/mol. The molecule has 0 unspecified atom stereocenters. The predicted octanol–water partition coefficient (Wildman–Crippen LogP) is 3.34. The molecule has 0 fully saturated rings. The Morgan fingerprint density at radius 1 is 1.58 bits per heavy atom. The fourth-order valence-corrected chi connectivity index (χ4v) is 1.95. The van der Waals surface area contributed by atoms with Crippen LogP contribution in [-0.4, -0.2) is 23.2 Å². The zero-order valence-electron chi connectivity index (χ0n) is 11.2. The largest absolute Gasteiger partial charge is 0.443 e. The van der Waals surface area contributed by atoms with Gasteiger partial charge in [-0.2, -0.15) is 5.26 Å². The number of nitriles is 1. The number of halogens is 1. The van der Waals surface area contributed by atoms with Crippen LogP contribution in [0.5, 0.6) is 0 Å². The molecule has 1 aromatic rings. The number of hydrogen-bond acceptors (Lipinski definition) is 4. The molecule has 0 aliphatic heterocycles. The molecule has 1 rings (SSSR count). The van der Waals surface area contributed by atoms with E-state index in [1.54, 1.807) is 18.5 Å². The van der Waals surface area contributed by atoms with Gasteiger partial charge in [-0.3, -0.25) is 9.88 Å². The highest BCUT2D eigenvalue weighted by atomic mass is 127. The Morgan fingerprint density at radius 3 is 2.79 bits per heavy atom. The summed E-state index contributed by atoms with van der Waals surface area (Å²) in [6, 6.07) is 3.84. The molecule has 0 spiro atoms. The van der Waals surface area contributed by atoms with Crippen molar-refractivity contribution in [1.29, 1.82) is 5.26 Å². The summed E-state index contributed by atoms with van der Waals surface area (Å²) in [5, 5.41) is 8.70. The third kappa shape index (κ3) is 5.03. The van der Waals surface area contributed by atoms with Crippen LogP contribution in [0.25, 0.3) is 0 Å². The first kappa shape index (κ1) is 15.7. The van der Waals surface area contributed by atoms with Crippen molar-refractivity contribution in [1.82, 2.24) is 4.98 Å². The molecular formula is C13H16IN3O2. The van der Waals surface area contributed by atoms with Gasteiger partial charge in [0.25, 0.3) is 0 Å². The van der Waals surface area contributed by atoms with Crippen LogP contribution in [0.1, 0.15) is 27.2 Å². The second kappa shape index (κ2) is 6.70. The van der Waals surface area contributed by atoms with Gasteiger partial charge in [-0.15, -0.1) is 0 Å². The van der Waals surface area contributed by atoms with E-state index in [9.17, 15) is 4.79 Å². The number of pyridine rings is 1. The molecule has 0 saturated heterocycles. The van der Waals surface area contributed by atoms with Crippen molar-refractivity contribution in [2.24, 2.45) is 0 Å². The van der Waals surface area contributed by atoms with Gasteiger partial charge in [0.15, 0.2) is 0 Å². The maximum Gasteiger partial charge on any atom is 0.414 e. The molecule has 102 valence electrons. The summed E-state index contributed by atoms with van der Waals surface area (Å²) < 4.78 is 6.24. The maximum atomic E-state index is 12.2. The van der Waals surface area contributed by atoms with Crippen LogP contribution in [0, 0.1) is 14.9 Å². The van der Waals surface area contributed by atoms with Gasteiger partial charge in [-0.05, 0) is 49.4 Å². The summed E-state index contributed by atoms with van der Waals surface area (Å²) in [5.74, 6) is 0. The molecule has 0 aromatic carbocycles. The Hall–Kier alpha value is -1.36. The molecule has 0 bridgehead atoms. The van der Waals surface area contributed by atoms with E-state index in [0.29, 0.717) is 5.69 Å². The van der Waals surface area contributed by atoms with Gasteiger partial charge >= 0.3 is 6.09 Å². The number of rotatable bonds is 3. The van der Waals surface area contributed by atoms with Gasteiger partial charge < -0.3 is 4.74 Å². The van der Waals surface area contributed by atoms with E-state index in [1.165, 1.54) is 4.90 Å². The second-order valence-electron chi connectivity index (χ2n) is 4.87. The minimum atomic E-state index is -0.574. The molecular weight excluding hydrogens is 357 g/mol. The van der Waals surface area contributed by atoms with Crippen molar-refractivity contribution in [3.63, 3.8) is 0 Å². The zero-order valence-corrected chi connectivity index (χ0v) is 13.3. The summed E-state index contributed by atoms with van der Waals surface area (Å²) >= 11 is 2.13. The van der Waals surface area contributed by atoms with Crippen molar-refractivity contribution in [3.05, 3.63) is 22.0 Å². The third-order valence-corrected chi connectivity index (χ3v) is 3.01. The normalized spacial score (nSPS) is 10.7. The van der Waals surface area contributed by atoms with E-state index in [-0.39, 0.29) is 13.0 Å². The number of anilines is 1. The van der Waals surface area contributed by atoms with E-state index in [2.05, 4.69) is 27.6 Å². The van der Waals surface area contributed by atoms with Gasteiger partial charge in [0, 0.05) is 16.3 Å². The minimum Gasteiger partial charge on any atom is -0.443 e. The Kier molecular flexibility index (Phi) is 5.54. The number of carbonyl (C=O) groups is 1. The Bertz CT molecular complexity index is 491. The van der Waals surface area contributed by atoms with E-state index < -0.39 is 11.7 Å². The second-order valence-corrected chi connectivity index (χ2v) is 6.03. The summed E-state index contributed by atoms with van der Waals surface area (Å²) in [6.07, 6.45) is 3.03. The van der Waals surface area contributed by atoms with Crippen molar-refractivity contribution in [2.75, 3.05) is 11.4 Å². The van der Waals surface area contributed by atoms with Gasteiger partial charge in [-0.1, -0.05) is 0 Å². The first-order valence-electron chi connectivity index (χ1n) is 5.82. The van der Waals surface area contributed by atoms with Crippen LogP contribution in [0.3, 0.4) is 0 Å². The van der Waals surface area contributed by atoms with Crippen LogP contribution in [-0.2, 0) is 4.74 Å². The van der Waals surface area contributed by atoms with Gasteiger partial charge in [0.05, 0.1) is 24.4 Å². The maximum absolute atomic E-state index is 12.2. The average Bonchev–Trinajstić information content (AvgIpc) is 2.29. The van der Waals surface area contributed by atoms with E-state index in [1.807, 2.05) is 26.8 Å². The monoisotopic (exact) mass is 373 g/mol. The van der Waals surface area contributed by atoms with E-state index >= 15 is 0 Å². The van der Waals surface area contributed by atoms with Crippen LogP contribution in [0.2, 0.25) is 0 Å². The Labute approximate surface area is 126 Å². The van der Waals surface area contributed by atoms with Crippen molar-refractivity contribution >= 4 is 34.4 Å². The lowest BCUT2D eigenvalue weighted by Crippen LogP contribution is -2.38. The highest BCUT2D eigenvalue weighted by Crippen LogP contribution is 2.23. The van der Waals surface area contributed by atoms with Crippen molar-refractivity contribution in [2.45, 2.75) is 32.8 Å². The van der Waals surface area contributed by atoms with Crippen molar-refractivity contribution in [3.8, 4) is 6.07 Å². The fraction of sp³-hybridized carbons (Fsp3) is 0.462. The molecule has 5 nitrogen and oxygen atoms in total. The smallest absolute Gasteiger partial charge is 0.414 e. The topological polar surface area (TPSA) is 66.2 Å². The van der Waals surface area contributed by atoms with Crippen LogP contribution in [0.15, 0.2) is 18.5 Å². The summed E-state index contributed by atoms with van der Waals surface area (Å²) in [7, 11) is 0. The first-order valence-corrected chi connectivity index (χ1v) is 6.90.